The van der Waals surface area contributed by atoms with Crippen molar-refractivity contribution in [3.05, 3.63) is 12.3 Å². The van der Waals surface area contributed by atoms with E-state index < -0.39 is 0 Å². The molecule has 1 heterocycles. The number of methoxy groups -OCH3 is 1. The summed E-state index contributed by atoms with van der Waals surface area (Å²) < 4.78 is 5.01. The average molecular weight is 243 g/mol. The number of nitrogens with zero attached hydrogens (tertiary/aromatic N) is 2. The van der Waals surface area contributed by atoms with E-state index in [1.165, 1.54) is 0 Å². The number of hydrogen-bond donors (Lipinski definition) is 2. The lowest BCUT2D eigenvalue weighted by atomic mass is 10.2. The van der Waals surface area contributed by atoms with Gasteiger partial charge in [-0.05, 0) is 12.7 Å². The predicted molar refractivity (Wildman–Crippen MR) is 66.1 cm³/mol. The van der Waals surface area contributed by atoms with Crippen LogP contribution < -0.4 is 10.1 Å². The second-order valence-corrected chi connectivity index (χ2v) is 4.14. The number of aliphatic hydroxyl groups excluding tert-OH is 1. The van der Waals surface area contributed by atoms with Crippen LogP contribution in [0.3, 0.4) is 0 Å². The highest BCUT2D eigenvalue weighted by Crippen LogP contribution is 2.11. The van der Waals surface area contributed by atoms with Gasteiger partial charge in [0.25, 0.3) is 0 Å². The summed E-state index contributed by atoms with van der Waals surface area (Å²) in [5.41, 5.74) is 0. The first kappa shape index (κ1) is 13.1. The minimum atomic E-state index is 0.155. The first-order valence-corrected chi connectivity index (χ1v) is 6.43. The molecule has 6 heteroatoms. The maximum atomic E-state index is 8.93. The molecule has 0 spiro atoms. The Bertz CT molecular complexity index is 306. The van der Waals surface area contributed by atoms with Crippen molar-refractivity contribution in [2.45, 2.75) is 12.5 Å². The van der Waals surface area contributed by atoms with E-state index in [1.807, 2.05) is 6.26 Å². The molecule has 0 aliphatic heterocycles. The van der Waals surface area contributed by atoms with Crippen LogP contribution in [-0.4, -0.2) is 46.8 Å². The zero-order chi connectivity index (χ0) is 11.8. The minimum Gasteiger partial charge on any atom is -0.481 e. The van der Waals surface area contributed by atoms with Gasteiger partial charge < -0.3 is 15.2 Å². The molecule has 1 unspecified atom stereocenters. The van der Waals surface area contributed by atoms with Gasteiger partial charge in [0.05, 0.1) is 7.11 Å². The number of aliphatic hydroxyl groups is 1. The van der Waals surface area contributed by atoms with Gasteiger partial charge in [-0.15, -0.1) is 0 Å². The molecule has 0 saturated heterocycles. The Morgan fingerprint density at radius 1 is 1.62 bits per heavy atom. The highest BCUT2D eigenvalue weighted by Gasteiger charge is 2.09. The van der Waals surface area contributed by atoms with Gasteiger partial charge in [0, 0.05) is 30.7 Å². The number of nitrogens with one attached hydrogen (secondary N) is 1. The van der Waals surface area contributed by atoms with Crippen LogP contribution in [0, 0.1) is 0 Å². The molecule has 16 heavy (non-hydrogen) atoms. The van der Waals surface area contributed by atoms with Crippen molar-refractivity contribution < 1.29 is 9.84 Å². The molecule has 0 saturated carbocycles. The summed E-state index contributed by atoms with van der Waals surface area (Å²) in [5.74, 6) is 1.97. The molecule has 0 fully saturated rings. The maximum absolute atomic E-state index is 8.93. The average Bonchev–Trinajstić information content (AvgIpc) is 2.30. The molecule has 1 aromatic rings. The molecule has 1 atom stereocenters. The quantitative estimate of drug-likeness (QED) is 0.745. The molecule has 0 aromatic carbocycles. The van der Waals surface area contributed by atoms with E-state index in [0.29, 0.717) is 18.2 Å². The van der Waals surface area contributed by atoms with Crippen molar-refractivity contribution >= 4 is 17.7 Å². The fraction of sp³-hybridized carbons (Fsp3) is 0.600. The maximum Gasteiger partial charge on any atom is 0.226 e. The Kier molecular flexibility index (Phi) is 5.95. The molecule has 90 valence electrons. The summed E-state index contributed by atoms with van der Waals surface area (Å²) in [6.45, 7) is 0.155. The highest BCUT2D eigenvalue weighted by atomic mass is 32.2. The van der Waals surface area contributed by atoms with Crippen LogP contribution >= 0.6 is 11.8 Å². The number of rotatable bonds is 7. The monoisotopic (exact) mass is 243 g/mol. The minimum absolute atomic E-state index is 0.155. The van der Waals surface area contributed by atoms with Crippen molar-refractivity contribution in [2.75, 3.05) is 31.0 Å². The third kappa shape index (κ3) is 4.24. The van der Waals surface area contributed by atoms with Gasteiger partial charge in [0.15, 0.2) is 0 Å². The van der Waals surface area contributed by atoms with E-state index in [-0.39, 0.29) is 12.6 Å². The highest BCUT2D eigenvalue weighted by molar-refractivity contribution is 7.98. The zero-order valence-corrected chi connectivity index (χ0v) is 10.3. The number of aromatic nitrogens is 2. The van der Waals surface area contributed by atoms with E-state index in [9.17, 15) is 0 Å². The molecule has 1 aromatic heterocycles. The summed E-state index contributed by atoms with van der Waals surface area (Å²) >= 11 is 1.72. The van der Waals surface area contributed by atoms with Crippen molar-refractivity contribution in [2.24, 2.45) is 0 Å². The number of hydrogen-bond acceptors (Lipinski definition) is 6. The third-order valence-electron chi connectivity index (χ3n) is 2.02. The number of ether oxygens (including phenoxy) is 1. The molecular formula is C10H17N3O2S. The number of anilines is 1. The van der Waals surface area contributed by atoms with Gasteiger partial charge in [0.1, 0.15) is 0 Å². The molecule has 0 amide bonds. The van der Waals surface area contributed by atoms with Crippen LogP contribution in [0.1, 0.15) is 6.42 Å². The lowest BCUT2D eigenvalue weighted by molar-refractivity contribution is 0.282. The zero-order valence-electron chi connectivity index (χ0n) is 9.51. The second-order valence-electron chi connectivity index (χ2n) is 3.23. The summed E-state index contributed by atoms with van der Waals surface area (Å²) in [5, 5.41) is 12.1. The van der Waals surface area contributed by atoms with Crippen LogP contribution in [-0.2, 0) is 0 Å². The lowest BCUT2D eigenvalue weighted by Gasteiger charge is -2.16. The van der Waals surface area contributed by atoms with Crippen molar-refractivity contribution in [3.63, 3.8) is 0 Å². The SMILES string of the molecule is COc1ccnc(NC(CCO)CSC)n1. The van der Waals surface area contributed by atoms with Crippen LogP contribution in [0.15, 0.2) is 12.3 Å². The van der Waals surface area contributed by atoms with Crippen molar-refractivity contribution in [1.29, 1.82) is 0 Å². The topological polar surface area (TPSA) is 67.3 Å². The predicted octanol–water partition coefficient (Wildman–Crippen LogP) is 1.01. The number of thioether (sulfide) groups is 1. The summed E-state index contributed by atoms with van der Waals surface area (Å²) in [7, 11) is 1.57. The fourth-order valence-electron chi connectivity index (χ4n) is 1.26. The molecule has 0 aliphatic rings. The molecular weight excluding hydrogens is 226 g/mol. The molecule has 2 N–H and O–H groups in total. The molecule has 0 bridgehead atoms. The molecule has 0 aliphatic carbocycles. The first-order valence-electron chi connectivity index (χ1n) is 5.03. The normalized spacial score (nSPS) is 12.2. The smallest absolute Gasteiger partial charge is 0.226 e. The Balaban J connectivity index is 2.60. The van der Waals surface area contributed by atoms with Gasteiger partial charge in [-0.1, -0.05) is 0 Å². The Morgan fingerprint density at radius 2 is 2.44 bits per heavy atom. The van der Waals surface area contributed by atoms with E-state index >= 15 is 0 Å². The van der Waals surface area contributed by atoms with E-state index in [4.69, 9.17) is 9.84 Å². The van der Waals surface area contributed by atoms with Crippen molar-refractivity contribution in [1.82, 2.24) is 9.97 Å². The van der Waals surface area contributed by atoms with E-state index in [0.717, 1.165) is 5.75 Å². The van der Waals surface area contributed by atoms with Crippen LogP contribution in [0.5, 0.6) is 5.88 Å². The van der Waals surface area contributed by atoms with Gasteiger partial charge in [-0.2, -0.15) is 16.7 Å². The fourth-order valence-corrected chi connectivity index (χ4v) is 1.91. The third-order valence-corrected chi connectivity index (χ3v) is 2.75. The van der Waals surface area contributed by atoms with Gasteiger partial charge >= 0.3 is 0 Å². The molecule has 0 radical (unpaired) electrons. The van der Waals surface area contributed by atoms with Gasteiger partial charge in [-0.3, -0.25) is 0 Å². The van der Waals surface area contributed by atoms with Gasteiger partial charge in [-0.25, -0.2) is 4.98 Å². The van der Waals surface area contributed by atoms with Crippen LogP contribution in [0.25, 0.3) is 0 Å². The van der Waals surface area contributed by atoms with Crippen molar-refractivity contribution in [3.8, 4) is 5.88 Å². The molecule has 1 rings (SSSR count). The summed E-state index contributed by atoms with van der Waals surface area (Å²) in [4.78, 5) is 8.26. The Hall–Kier alpha value is -1.01. The van der Waals surface area contributed by atoms with E-state index in [1.54, 1.807) is 31.1 Å². The first-order chi connectivity index (χ1) is 7.80. The van der Waals surface area contributed by atoms with Crippen LogP contribution in [0.4, 0.5) is 5.95 Å². The molecule has 5 nitrogen and oxygen atoms in total. The Morgan fingerprint density at radius 3 is 3.06 bits per heavy atom. The summed E-state index contributed by atoms with van der Waals surface area (Å²) in [6.07, 6.45) is 4.35. The van der Waals surface area contributed by atoms with Gasteiger partial charge in [0.2, 0.25) is 11.8 Å². The second kappa shape index (κ2) is 7.29. The van der Waals surface area contributed by atoms with E-state index in [2.05, 4.69) is 15.3 Å². The van der Waals surface area contributed by atoms with Crippen LogP contribution in [0.2, 0.25) is 0 Å². The lowest BCUT2D eigenvalue weighted by Crippen LogP contribution is -2.24. The Labute approximate surface area is 99.6 Å². The summed E-state index contributed by atoms with van der Waals surface area (Å²) in [6, 6.07) is 1.87. The standard InChI is InChI=1S/C10H17N3O2S/c1-15-9-3-5-11-10(13-9)12-8(4-6-14)7-16-2/h3,5,8,14H,4,6-7H2,1-2H3,(H,11,12,13). The largest absolute Gasteiger partial charge is 0.481 e.